The fourth-order valence-corrected chi connectivity index (χ4v) is 4.78. The number of carbonyl (C=O) groups excluding carboxylic acids is 1. The Hall–Kier alpha value is -2.38. The molecule has 6 nitrogen and oxygen atoms in total. The van der Waals surface area contributed by atoms with Crippen LogP contribution in [0.2, 0.25) is 0 Å². The molecule has 1 amide bonds. The van der Waals surface area contributed by atoms with Gasteiger partial charge in [0, 0.05) is 18.8 Å². The standard InChI is InChI=1S/C21H26N2O4S/c1-15-6-7-18(12-16(15)2)22-21(24)14-27-20-9-8-19(13-17(20)3)28(25,26)23-10-4-5-11-23/h6-9,12-13H,4-5,10-11,14H2,1-3H3,(H,22,24). The number of aryl methyl sites for hydroxylation is 3. The van der Waals surface area contributed by atoms with Gasteiger partial charge in [0.2, 0.25) is 10.0 Å². The smallest absolute Gasteiger partial charge is 0.262 e. The first-order valence-corrected chi connectivity index (χ1v) is 10.8. The molecule has 1 aliphatic heterocycles. The molecule has 1 aliphatic rings. The average molecular weight is 403 g/mol. The van der Waals surface area contributed by atoms with E-state index in [4.69, 9.17) is 4.74 Å². The van der Waals surface area contributed by atoms with Gasteiger partial charge in [-0.2, -0.15) is 4.31 Å². The first-order chi connectivity index (χ1) is 13.3. The minimum atomic E-state index is -3.46. The Morgan fingerprint density at radius 3 is 2.36 bits per heavy atom. The molecular formula is C21H26N2O4S. The van der Waals surface area contributed by atoms with Crippen LogP contribution in [0.1, 0.15) is 29.5 Å². The van der Waals surface area contributed by atoms with Gasteiger partial charge in [-0.25, -0.2) is 8.42 Å². The van der Waals surface area contributed by atoms with Crippen LogP contribution in [0.15, 0.2) is 41.3 Å². The van der Waals surface area contributed by atoms with Crippen molar-refractivity contribution in [1.29, 1.82) is 0 Å². The third kappa shape index (κ3) is 4.54. The summed E-state index contributed by atoms with van der Waals surface area (Å²) >= 11 is 0. The summed E-state index contributed by atoms with van der Waals surface area (Å²) in [5.74, 6) is 0.229. The molecule has 1 heterocycles. The Bertz CT molecular complexity index is 980. The Morgan fingerprint density at radius 2 is 1.71 bits per heavy atom. The van der Waals surface area contributed by atoms with E-state index in [-0.39, 0.29) is 17.4 Å². The summed E-state index contributed by atoms with van der Waals surface area (Å²) in [7, 11) is -3.46. The first kappa shape index (κ1) is 20.4. The zero-order valence-corrected chi connectivity index (χ0v) is 17.3. The van der Waals surface area contributed by atoms with Crippen LogP contribution in [-0.2, 0) is 14.8 Å². The second-order valence-electron chi connectivity index (χ2n) is 7.17. The van der Waals surface area contributed by atoms with Gasteiger partial charge in [-0.15, -0.1) is 0 Å². The molecule has 0 atom stereocenters. The van der Waals surface area contributed by atoms with E-state index >= 15 is 0 Å². The first-order valence-electron chi connectivity index (χ1n) is 9.38. The van der Waals surface area contributed by atoms with Crippen LogP contribution in [-0.4, -0.2) is 38.3 Å². The molecule has 7 heteroatoms. The highest BCUT2D eigenvalue weighted by Crippen LogP contribution is 2.26. The maximum absolute atomic E-state index is 12.6. The molecule has 0 radical (unpaired) electrons. The lowest BCUT2D eigenvalue weighted by Crippen LogP contribution is -2.27. The molecule has 150 valence electrons. The van der Waals surface area contributed by atoms with Crippen molar-refractivity contribution in [1.82, 2.24) is 4.31 Å². The summed E-state index contributed by atoms with van der Waals surface area (Å²) in [6.07, 6.45) is 1.80. The van der Waals surface area contributed by atoms with Crippen molar-refractivity contribution in [2.45, 2.75) is 38.5 Å². The highest BCUT2D eigenvalue weighted by atomic mass is 32.2. The molecule has 1 N–H and O–H groups in total. The summed E-state index contributed by atoms with van der Waals surface area (Å²) in [6.45, 7) is 6.77. The largest absolute Gasteiger partial charge is 0.483 e. The van der Waals surface area contributed by atoms with Crippen molar-refractivity contribution < 1.29 is 17.9 Å². The molecule has 28 heavy (non-hydrogen) atoms. The summed E-state index contributed by atoms with van der Waals surface area (Å²) in [4.78, 5) is 12.4. The van der Waals surface area contributed by atoms with Crippen molar-refractivity contribution in [3.8, 4) is 5.75 Å². The molecule has 2 aromatic rings. The summed E-state index contributed by atoms with van der Waals surface area (Å²) < 4.78 is 32.4. The van der Waals surface area contributed by atoms with Crippen molar-refractivity contribution in [2.75, 3.05) is 25.0 Å². The van der Waals surface area contributed by atoms with Crippen molar-refractivity contribution in [2.24, 2.45) is 0 Å². The van der Waals surface area contributed by atoms with E-state index < -0.39 is 10.0 Å². The number of hydrogen-bond donors (Lipinski definition) is 1. The van der Waals surface area contributed by atoms with Gasteiger partial charge in [-0.05, 0) is 80.6 Å². The molecule has 3 rings (SSSR count). The van der Waals surface area contributed by atoms with Crippen molar-refractivity contribution in [3.05, 3.63) is 53.1 Å². The molecule has 0 aromatic heterocycles. The van der Waals surface area contributed by atoms with Gasteiger partial charge in [0.05, 0.1) is 4.90 Å². The predicted octanol–water partition coefficient (Wildman–Crippen LogP) is 3.41. The highest BCUT2D eigenvalue weighted by molar-refractivity contribution is 7.89. The third-order valence-corrected chi connectivity index (χ3v) is 6.89. The lowest BCUT2D eigenvalue weighted by Gasteiger charge is -2.17. The summed E-state index contributed by atoms with van der Waals surface area (Å²) in [5.41, 5.74) is 3.66. The summed E-state index contributed by atoms with van der Waals surface area (Å²) in [5, 5.41) is 2.81. The third-order valence-electron chi connectivity index (χ3n) is 5.00. The number of nitrogens with one attached hydrogen (secondary N) is 1. The number of rotatable bonds is 6. The fraction of sp³-hybridized carbons (Fsp3) is 0.381. The minimum absolute atomic E-state index is 0.147. The van der Waals surface area contributed by atoms with Crippen molar-refractivity contribution >= 4 is 21.6 Å². The van der Waals surface area contributed by atoms with E-state index in [9.17, 15) is 13.2 Å². The number of ether oxygens (including phenoxy) is 1. The molecule has 0 spiro atoms. The summed E-state index contributed by atoms with van der Waals surface area (Å²) in [6, 6.07) is 10.5. The Morgan fingerprint density at radius 1 is 1.00 bits per heavy atom. The quantitative estimate of drug-likeness (QED) is 0.803. The number of anilines is 1. The Labute approximate surface area is 166 Å². The Balaban J connectivity index is 1.63. The van der Waals surface area contributed by atoms with Crippen LogP contribution in [0, 0.1) is 20.8 Å². The van der Waals surface area contributed by atoms with Gasteiger partial charge in [0.25, 0.3) is 5.91 Å². The molecule has 0 bridgehead atoms. The van der Waals surface area contributed by atoms with Crippen LogP contribution in [0.5, 0.6) is 5.75 Å². The topological polar surface area (TPSA) is 75.7 Å². The predicted molar refractivity (Wildman–Crippen MR) is 109 cm³/mol. The van der Waals surface area contributed by atoms with E-state index in [2.05, 4.69) is 5.32 Å². The number of nitrogens with zero attached hydrogens (tertiary/aromatic N) is 1. The maximum atomic E-state index is 12.6. The van der Waals surface area contributed by atoms with Crippen LogP contribution in [0.4, 0.5) is 5.69 Å². The minimum Gasteiger partial charge on any atom is -0.483 e. The number of benzene rings is 2. The number of hydrogen-bond acceptors (Lipinski definition) is 4. The number of sulfonamides is 1. The van der Waals surface area contributed by atoms with E-state index in [0.717, 1.165) is 29.7 Å². The lowest BCUT2D eigenvalue weighted by molar-refractivity contribution is -0.118. The number of amides is 1. The van der Waals surface area contributed by atoms with Crippen LogP contribution < -0.4 is 10.1 Å². The normalized spacial score (nSPS) is 14.8. The van der Waals surface area contributed by atoms with E-state index in [1.165, 1.54) is 10.4 Å². The molecule has 1 saturated heterocycles. The molecule has 0 aliphatic carbocycles. The monoisotopic (exact) mass is 402 g/mol. The molecule has 0 unspecified atom stereocenters. The van der Waals surface area contributed by atoms with Gasteiger partial charge in [0.15, 0.2) is 6.61 Å². The average Bonchev–Trinajstić information content (AvgIpc) is 3.19. The van der Waals surface area contributed by atoms with Crippen LogP contribution in [0.25, 0.3) is 0 Å². The van der Waals surface area contributed by atoms with Gasteiger partial charge >= 0.3 is 0 Å². The van der Waals surface area contributed by atoms with E-state index in [1.807, 2.05) is 32.0 Å². The zero-order valence-electron chi connectivity index (χ0n) is 16.5. The second-order valence-corrected chi connectivity index (χ2v) is 9.11. The van der Waals surface area contributed by atoms with Gasteiger partial charge < -0.3 is 10.1 Å². The van der Waals surface area contributed by atoms with Gasteiger partial charge in [0.1, 0.15) is 5.75 Å². The Kier molecular flexibility index (Phi) is 6.05. The second kappa shape index (κ2) is 8.32. The fourth-order valence-electron chi connectivity index (χ4n) is 3.18. The molecule has 0 saturated carbocycles. The molecular weight excluding hydrogens is 376 g/mol. The highest BCUT2D eigenvalue weighted by Gasteiger charge is 2.27. The van der Waals surface area contributed by atoms with E-state index in [0.29, 0.717) is 24.4 Å². The molecule has 1 fully saturated rings. The van der Waals surface area contributed by atoms with Gasteiger partial charge in [-0.3, -0.25) is 4.79 Å². The maximum Gasteiger partial charge on any atom is 0.262 e. The van der Waals surface area contributed by atoms with Gasteiger partial charge in [-0.1, -0.05) is 6.07 Å². The van der Waals surface area contributed by atoms with Crippen LogP contribution in [0.3, 0.4) is 0 Å². The molecule has 2 aromatic carbocycles. The lowest BCUT2D eigenvalue weighted by atomic mass is 10.1. The van der Waals surface area contributed by atoms with E-state index in [1.54, 1.807) is 19.1 Å². The van der Waals surface area contributed by atoms with Crippen molar-refractivity contribution in [3.63, 3.8) is 0 Å². The zero-order chi connectivity index (χ0) is 20.3. The van der Waals surface area contributed by atoms with Crippen LogP contribution >= 0.6 is 0 Å². The SMILES string of the molecule is Cc1ccc(NC(=O)COc2ccc(S(=O)(=O)N3CCCC3)cc2C)cc1C. The number of carbonyl (C=O) groups is 1.